The molecule has 0 aromatic heterocycles. The smallest absolute Gasteiger partial charge is 0.340 e. The van der Waals surface area contributed by atoms with Crippen molar-refractivity contribution in [1.29, 1.82) is 0 Å². The minimum absolute atomic E-state index is 0.228. The number of carbonyl (C=O) groups excluding carboxylic acids is 1. The summed E-state index contributed by atoms with van der Waals surface area (Å²) in [6.45, 7) is 4.34. The standard InChI is InChI=1S/C21H25ClO8/c1-18-11-14-28-17(29-16(24)12-4-3-5-13(22)10-12)15(23)21(18,30-14)19(2,25)6-7-20(18)26-8-9-27-20/h3-5,10,14-15,17,23,25H,6-9,11H2,1-2H3/t14-,15-,17-,18-,19+,21-/m1/s1. The van der Waals surface area contributed by atoms with Gasteiger partial charge in [0.15, 0.2) is 12.1 Å². The Morgan fingerprint density at radius 2 is 1.97 bits per heavy atom. The lowest BCUT2D eigenvalue weighted by molar-refractivity contribution is -0.409. The number of aliphatic hydroxyl groups excluding tert-OH is 1. The van der Waals surface area contributed by atoms with Gasteiger partial charge in [0.05, 0.1) is 29.8 Å². The normalized spacial score (nSPS) is 44.1. The molecule has 1 aromatic rings. The Balaban J connectivity index is 1.51. The number of carbonyl (C=O) groups is 1. The van der Waals surface area contributed by atoms with Crippen LogP contribution in [0.2, 0.25) is 5.02 Å². The fourth-order valence-electron chi connectivity index (χ4n) is 5.90. The van der Waals surface area contributed by atoms with Gasteiger partial charge in [-0.25, -0.2) is 4.79 Å². The minimum Gasteiger partial charge on any atom is -0.429 e. The fourth-order valence-corrected chi connectivity index (χ4v) is 6.09. The Kier molecular flexibility index (Phi) is 4.55. The lowest BCUT2D eigenvalue weighted by Gasteiger charge is -2.62. The highest BCUT2D eigenvalue weighted by Crippen LogP contribution is 2.68. The lowest BCUT2D eigenvalue weighted by Crippen LogP contribution is -2.78. The van der Waals surface area contributed by atoms with Crippen molar-refractivity contribution < 1.29 is 38.7 Å². The van der Waals surface area contributed by atoms with Gasteiger partial charge >= 0.3 is 5.97 Å². The average Bonchev–Trinajstić information content (AvgIpc) is 3.28. The predicted octanol–water partition coefficient (Wildman–Crippen LogP) is 1.99. The molecule has 3 saturated heterocycles. The van der Waals surface area contributed by atoms with Crippen molar-refractivity contribution in [2.75, 3.05) is 13.2 Å². The van der Waals surface area contributed by atoms with Crippen LogP contribution in [-0.2, 0) is 23.7 Å². The SMILES string of the molecule is C[C@]1(O)CCC2(OCCO2)[C@@]2(C)C[C@@H]3O[C@H](OC(=O)c4cccc(Cl)c4)[C@@H](O)[C@]12O3. The van der Waals surface area contributed by atoms with E-state index in [1.807, 2.05) is 6.92 Å². The van der Waals surface area contributed by atoms with Crippen molar-refractivity contribution in [2.24, 2.45) is 5.41 Å². The second kappa shape index (κ2) is 6.62. The number of rotatable bonds is 2. The maximum atomic E-state index is 12.7. The van der Waals surface area contributed by atoms with Gasteiger partial charge in [0.25, 0.3) is 0 Å². The molecular formula is C21H25ClO8. The molecule has 3 heterocycles. The monoisotopic (exact) mass is 440 g/mol. The first-order valence-electron chi connectivity index (χ1n) is 10.1. The van der Waals surface area contributed by atoms with Gasteiger partial charge in [-0.1, -0.05) is 24.6 Å². The van der Waals surface area contributed by atoms with Crippen LogP contribution in [0.15, 0.2) is 24.3 Å². The lowest BCUT2D eigenvalue weighted by atomic mass is 9.52. The Morgan fingerprint density at radius 3 is 2.67 bits per heavy atom. The Labute approximate surface area is 179 Å². The van der Waals surface area contributed by atoms with Crippen molar-refractivity contribution in [3.8, 4) is 0 Å². The molecule has 164 valence electrons. The summed E-state index contributed by atoms with van der Waals surface area (Å²) < 4.78 is 29.5. The van der Waals surface area contributed by atoms with Crippen molar-refractivity contribution in [3.05, 3.63) is 34.9 Å². The molecule has 0 amide bonds. The summed E-state index contributed by atoms with van der Waals surface area (Å²) in [5, 5.41) is 23.2. The van der Waals surface area contributed by atoms with E-state index in [1.54, 1.807) is 25.1 Å². The summed E-state index contributed by atoms with van der Waals surface area (Å²) in [6.07, 6.45) is -2.56. The van der Waals surface area contributed by atoms with E-state index in [9.17, 15) is 15.0 Å². The first-order chi connectivity index (χ1) is 14.1. The van der Waals surface area contributed by atoms with E-state index >= 15 is 0 Å². The summed E-state index contributed by atoms with van der Waals surface area (Å²) >= 11 is 5.96. The van der Waals surface area contributed by atoms with E-state index in [0.717, 1.165) is 0 Å². The predicted molar refractivity (Wildman–Crippen MR) is 103 cm³/mol. The van der Waals surface area contributed by atoms with Gasteiger partial charge in [0.2, 0.25) is 6.29 Å². The molecule has 6 atom stereocenters. The molecular weight excluding hydrogens is 416 g/mol. The molecule has 5 rings (SSSR count). The number of hydrogen-bond donors (Lipinski definition) is 2. The highest BCUT2D eigenvalue weighted by molar-refractivity contribution is 6.30. The van der Waals surface area contributed by atoms with Gasteiger partial charge in [-0.3, -0.25) is 0 Å². The van der Waals surface area contributed by atoms with E-state index < -0.39 is 47.1 Å². The van der Waals surface area contributed by atoms with Gasteiger partial charge in [0, 0.05) is 17.9 Å². The van der Waals surface area contributed by atoms with Crippen LogP contribution >= 0.6 is 11.6 Å². The molecule has 2 spiro atoms. The van der Waals surface area contributed by atoms with Crippen LogP contribution in [0.25, 0.3) is 0 Å². The molecule has 4 fully saturated rings. The zero-order valence-electron chi connectivity index (χ0n) is 16.8. The van der Waals surface area contributed by atoms with Gasteiger partial charge in [0.1, 0.15) is 11.7 Å². The van der Waals surface area contributed by atoms with Gasteiger partial charge in [-0.2, -0.15) is 0 Å². The second-order valence-corrected chi connectivity index (χ2v) is 9.34. The van der Waals surface area contributed by atoms with Crippen LogP contribution < -0.4 is 0 Å². The molecule has 8 nitrogen and oxygen atoms in total. The van der Waals surface area contributed by atoms with E-state index in [2.05, 4.69) is 0 Å². The van der Waals surface area contributed by atoms with Crippen molar-refractivity contribution in [3.63, 3.8) is 0 Å². The summed E-state index contributed by atoms with van der Waals surface area (Å²) in [5.41, 5.74) is -3.64. The number of halogens is 1. The number of esters is 1. The molecule has 1 saturated carbocycles. The molecule has 2 bridgehead atoms. The Hall–Kier alpha value is -1.26. The second-order valence-electron chi connectivity index (χ2n) is 8.91. The highest BCUT2D eigenvalue weighted by Gasteiger charge is 2.82. The maximum absolute atomic E-state index is 12.7. The van der Waals surface area contributed by atoms with E-state index in [-0.39, 0.29) is 12.0 Å². The van der Waals surface area contributed by atoms with Crippen molar-refractivity contribution in [2.45, 2.75) is 68.8 Å². The van der Waals surface area contributed by atoms with E-state index in [4.69, 9.17) is 35.3 Å². The first-order valence-corrected chi connectivity index (χ1v) is 10.5. The zero-order chi connectivity index (χ0) is 21.4. The third kappa shape index (κ3) is 2.53. The van der Waals surface area contributed by atoms with Gasteiger partial charge in [-0.15, -0.1) is 0 Å². The molecule has 2 N–H and O–H groups in total. The number of aliphatic hydroxyl groups is 2. The third-order valence-corrected chi connectivity index (χ3v) is 7.53. The average molecular weight is 441 g/mol. The van der Waals surface area contributed by atoms with Crippen LogP contribution in [0.4, 0.5) is 0 Å². The zero-order valence-corrected chi connectivity index (χ0v) is 17.6. The largest absolute Gasteiger partial charge is 0.429 e. The third-order valence-electron chi connectivity index (χ3n) is 7.29. The van der Waals surface area contributed by atoms with Crippen LogP contribution in [-0.4, -0.2) is 65.1 Å². The topological polar surface area (TPSA) is 104 Å². The summed E-state index contributed by atoms with van der Waals surface area (Å²) in [6, 6.07) is 6.30. The fraction of sp³-hybridized carbons (Fsp3) is 0.667. The summed E-state index contributed by atoms with van der Waals surface area (Å²) in [7, 11) is 0. The molecule has 3 aliphatic heterocycles. The Bertz CT molecular complexity index is 868. The van der Waals surface area contributed by atoms with Gasteiger partial charge in [-0.05, 0) is 31.5 Å². The summed E-state index contributed by atoms with van der Waals surface area (Å²) in [5.74, 6) is -1.71. The molecule has 0 unspecified atom stereocenters. The van der Waals surface area contributed by atoms with E-state index in [1.165, 1.54) is 6.07 Å². The van der Waals surface area contributed by atoms with Crippen LogP contribution in [0.5, 0.6) is 0 Å². The molecule has 9 heteroatoms. The quantitative estimate of drug-likeness (QED) is 0.673. The number of fused-ring (bicyclic) bond motifs is 2. The number of hydrogen-bond acceptors (Lipinski definition) is 8. The molecule has 4 aliphatic rings. The van der Waals surface area contributed by atoms with Crippen LogP contribution in [0.3, 0.4) is 0 Å². The molecule has 1 aromatic carbocycles. The number of benzene rings is 1. The van der Waals surface area contributed by atoms with Gasteiger partial charge < -0.3 is 33.9 Å². The minimum atomic E-state index is -1.51. The van der Waals surface area contributed by atoms with Crippen molar-refractivity contribution >= 4 is 17.6 Å². The molecule has 1 aliphatic carbocycles. The Morgan fingerprint density at radius 1 is 1.23 bits per heavy atom. The number of ether oxygens (including phenoxy) is 5. The van der Waals surface area contributed by atoms with Crippen LogP contribution in [0.1, 0.15) is 43.5 Å². The summed E-state index contributed by atoms with van der Waals surface area (Å²) in [4.78, 5) is 12.7. The van der Waals surface area contributed by atoms with Crippen molar-refractivity contribution in [1.82, 2.24) is 0 Å². The molecule has 30 heavy (non-hydrogen) atoms. The van der Waals surface area contributed by atoms with Crippen LogP contribution in [0, 0.1) is 5.41 Å². The first kappa shape index (κ1) is 20.6. The van der Waals surface area contributed by atoms with E-state index in [0.29, 0.717) is 31.1 Å². The highest BCUT2D eigenvalue weighted by atomic mass is 35.5. The maximum Gasteiger partial charge on any atom is 0.340 e. The molecule has 0 radical (unpaired) electrons.